The van der Waals surface area contributed by atoms with E-state index in [2.05, 4.69) is 96.0 Å². The number of hydrogen-bond acceptors (Lipinski definition) is 2. The molecular weight excluding hydrogens is 659 g/mol. The van der Waals surface area contributed by atoms with Gasteiger partial charge in [-0.1, -0.05) is 130 Å². The van der Waals surface area contributed by atoms with Crippen LogP contribution in [-0.4, -0.2) is 9.97 Å². The Morgan fingerprint density at radius 3 is 1.77 bits per heavy atom. The molecule has 2 aliphatic carbocycles. The average Bonchev–Trinajstić information content (AvgIpc) is 3.20. The van der Waals surface area contributed by atoms with Crippen LogP contribution in [0.1, 0.15) is 155 Å². The van der Waals surface area contributed by atoms with E-state index >= 15 is 0 Å². The van der Waals surface area contributed by atoms with Gasteiger partial charge in [-0.25, -0.2) is 9.97 Å². The van der Waals surface area contributed by atoms with Gasteiger partial charge in [0.15, 0.2) is 0 Å². The van der Waals surface area contributed by atoms with Crippen molar-refractivity contribution in [2.24, 2.45) is 11.8 Å². The van der Waals surface area contributed by atoms with Crippen LogP contribution < -0.4 is 0 Å². The van der Waals surface area contributed by atoms with Crippen molar-refractivity contribution in [3.05, 3.63) is 130 Å². The lowest BCUT2D eigenvalue weighted by Crippen LogP contribution is -2.13. The molecular formula is C48H56ClFN2. The largest absolute Gasteiger partial charge is 0.243 e. The molecule has 2 fully saturated rings. The summed E-state index contributed by atoms with van der Waals surface area (Å²) in [5.74, 6) is 15.3. The second kappa shape index (κ2) is 21.6. The normalized spacial score (nSPS) is 19.6. The third-order valence-electron chi connectivity index (χ3n) is 11.0. The lowest BCUT2D eigenvalue weighted by molar-refractivity contribution is 0.302. The Labute approximate surface area is 318 Å². The molecule has 52 heavy (non-hydrogen) atoms. The van der Waals surface area contributed by atoms with Crippen LogP contribution in [0.2, 0.25) is 5.15 Å². The van der Waals surface area contributed by atoms with Gasteiger partial charge in [0, 0.05) is 35.0 Å². The Morgan fingerprint density at radius 2 is 1.15 bits per heavy atom. The van der Waals surface area contributed by atoms with Gasteiger partial charge in [-0.15, -0.1) is 0 Å². The average molecular weight is 715 g/mol. The van der Waals surface area contributed by atoms with Gasteiger partial charge in [0.2, 0.25) is 5.95 Å². The second-order valence-electron chi connectivity index (χ2n) is 14.8. The highest BCUT2D eigenvalue weighted by molar-refractivity contribution is 6.29. The summed E-state index contributed by atoms with van der Waals surface area (Å²) >= 11 is 5.79. The Hall–Kier alpha value is -3.92. The lowest BCUT2D eigenvalue weighted by Gasteiger charge is -2.29. The molecule has 2 aromatic heterocycles. The van der Waals surface area contributed by atoms with Gasteiger partial charge in [0.1, 0.15) is 5.15 Å². The number of benzene rings is 2. The quantitative estimate of drug-likeness (QED) is 0.0928. The highest BCUT2D eigenvalue weighted by atomic mass is 35.5. The highest BCUT2D eigenvalue weighted by Crippen LogP contribution is 2.38. The van der Waals surface area contributed by atoms with Gasteiger partial charge in [-0.05, 0) is 129 Å². The van der Waals surface area contributed by atoms with E-state index in [4.69, 9.17) is 11.6 Å². The number of aromatic nitrogens is 2. The smallest absolute Gasteiger partial charge is 0.212 e. The minimum Gasteiger partial charge on any atom is -0.243 e. The Bertz CT molecular complexity index is 1730. The van der Waals surface area contributed by atoms with E-state index in [1.807, 2.05) is 6.07 Å². The Kier molecular flexibility index (Phi) is 16.3. The molecule has 2 aliphatic rings. The molecule has 4 heteroatoms. The molecule has 0 N–H and O–H groups in total. The predicted octanol–water partition coefficient (Wildman–Crippen LogP) is 13.3. The molecule has 0 unspecified atom stereocenters. The summed E-state index contributed by atoms with van der Waals surface area (Å²) in [5, 5.41) is 0.519. The third kappa shape index (κ3) is 13.2. The zero-order chi connectivity index (χ0) is 36.4. The maximum Gasteiger partial charge on any atom is 0.212 e. The summed E-state index contributed by atoms with van der Waals surface area (Å²) in [6, 6.07) is 24.6. The minimum atomic E-state index is -0.471. The number of halogens is 2. The van der Waals surface area contributed by atoms with Gasteiger partial charge >= 0.3 is 0 Å². The SMILES string of the molecule is CCCCCCCCC1CCC(c2ccc(C#Cc3ccc(F)nc3)cc2)CC1.CCc1ccc(C2CCC(C#Cc3ccc(Cl)nc3)CC2)cc1. The van der Waals surface area contributed by atoms with Crippen molar-refractivity contribution in [2.45, 2.75) is 128 Å². The van der Waals surface area contributed by atoms with Gasteiger partial charge in [0.05, 0.1) is 0 Å². The fraction of sp³-hybridized carbons (Fsp3) is 0.458. The molecule has 2 heterocycles. The molecule has 0 amide bonds. The van der Waals surface area contributed by atoms with Gasteiger partial charge in [-0.2, -0.15) is 4.39 Å². The number of nitrogens with zero attached hydrogens (tertiary/aromatic N) is 2. The van der Waals surface area contributed by atoms with Crippen LogP contribution in [0.4, 0.5) is 4.39 Å². The minimum absolute atomic E-state index is 0.471. The molecule has 0 aliphatic heterocycles. The topological polar surface area (TPSA) is 25.8 Å². The van der Waals surface area contributed by atoms with Gasteiger partial charge in [0.25, 0.3) is 0 Å². The van der Waals surface area contributed by atoms with Crippen LogP contribution in [0, 0.1) is 41.5 Å². The molecule has 0 atom stereocenters. The fourth-order valence-electron chi connectivity index (χ4n) is 7.66. The van der Waals surface area contributed by atoms with Gasteiger partial charge in [-0.3, -0.25) is 0 Å². The van der Waals surface area contributed by atoms with Crippen LogP contribution in [0.3, 0.4) is 0 Å². The first kappa shape index (κ1) is 39.3. The summed E-state index contributed by atoms with van der Waals surface area (Å²) in [6.45, 7) is 4.49. The maximum atomic E-state index is 12.9. The van der Waals surface area contributed by atoms with Crippen LogP contribution in [0.25, 0.3) is 0 Å². The lowest BCUT2D eigenvalue weighted by atomic mass is 9.77. The number of pyridine rings is 2. The van der Waals surface area contributed by atoms with E-state index in [-0.39, 0.29) is 0 Å². The van der Waals surface area contributed by atoms with Crippen molar-refractivity contribution in [3.63, 3.8) is 0 Å². The zero-order valence-electron chi connectivity index (χ0n) is 31.4. The highest BCUT2D eigenvalue weighted by Gasteiger charge is 2.22. The van der Waals surface area contributed by atoms with Crippen molar-refractivity contribution >= 4 is 11.6 Å². The number of aryl methyl sites for hydroxylation is 1. The number of rotatable bonds is 10. The van der Waals surface area contributed by atoms with E-state index in [0.717, 1.165) is 29.0 Å². The summed E-state index contributed by atoms with van der Waals surface area (Å²) < 4.78 is 12.9. The molecule has 4 aromatic rings. The number of unbranched alkanes of at least 4 members (excludes halogenated alkanes) is 5. The van der Waals surface area contributed by atoms with Crippen LogP contribution in [0.5, 0.6) is 0 Å². The maximum absolute atomic E-state index is 12.9. The van der Waals surface area contributed by atoms with Gasteiger partial charge < -0.3 is 0 Å². The molecule has 2 nitrogen and oxygen atoms in total. The molecule has 2 saturated carbocycles. The first-order valence-electron chi connectivity index (χ1n) is 19.9. The van der Waals surface area contributed by atoms with E-state index in [1.165, 1.54) is 125 Å². The Balaban J connectivity index is 0.000000206. The molecule has 0 bridgehead atoms. The van der Waals surface area contributed by atoms with Crippen molar-refractivity contribution in [3.8, 4) is 23.7 Å². The first-order valence-corrected chi connectivity index (χ1v) is 20.3. The molecule has 272 valence electrons. The van der Waals surface area contributed by atoms with Crippen molar-refractivity contribution < 1.29 is 4.39 Å². The van der Waals surface area contributed by atoms with Crippen LogP contribution >= 0.6 is 11.6 Å². The first-order chi connectivity index (χ1) is 25.5. The molecule has 6 rings (SSSR count). The Morgan fingerprint density at radius 1 is 0.596 bits per heavy atom. The summed E-state index contributed by atoms with van der Waals surface area (Å²) in [5.41, 5.74) is 7.05. The summed E-state index contributed by atoms with van der Waals surface area (Å²) in [6.07, 6.45) is 24.5. The van der Waals surface area contributed by atoms with Crippen molar-refractivity contribution in [2.75, 3.05) is 0 Å². The van der Waals surface area contributed by atoms with E-state index < -0.39 is 5.95 Å². The second-order valence-corrected chi connectivity index (χ2v) is 15.2. The monoisotopic (exact) mass is 714 g/mol. The molecule has 0 spiro atoms. The predicted molar refractivity (Wildman–Crippen MR) is 216 cm³/mol. The third-order valence-corrected chi connectivity index (χ3v) is 11.2. The van der Waals surface area contributed by atoms with Crippen LogP contribution in [0.15, 0.2) is 85.2 Å². The molecule has 0 saturated heterocycles. The van der Waals surface area contributed by atoms with Crippen molar-refractivity contribution in [1.29, 1.82) is 0 Å². The van der Waals surface area contributed by atoms with E-state index in [9.17, 15) is 4.39 Å². The van der Waals surface area contributed by atoms with E-state index in [1.54, 1.807) is 18.3 Å². The summed E-state index contributed by atoms with van der Waals surface area (Å²) in [7, 11) is 0. The zero-order valence-corrected chi connectivity index (χ0v) is 32.1. The standard InChI is InChI=1S/C27H34FN.C21H22ClN/c1-2-3-4-5-6-7-8-22-11-16-25(17-12-22)26-18-13-23(14-19-26)9-10-24-15-20-27(28)29-21-24;1-2-16-5-10-19(11-6-16)20-12-7-17(8-13-20)3-4-18-9-14-21(22)23-15-18/h13-15,18-22,25H,2-8,11-12,16-17H2,1H3;5-6,9-11,14-15,17,20H,2,7-8,12-13H2,1H3. The molecule has 2 aromatic carbocycles. The number of hydrogen-bond donors (Lipinski definition) is 0. The van der Waals surface area contributed by atoms with Crippen LogP contribution in [-0.2, 0) is 6.42 Å². The fourth-order valence-corrected chi connectivity index (χ4v) is 7.77. The van der Waals surface area contributed by atoms with E-state index in [0.29, 0.717) is 22.9 Å². The molecule has 0 radical (unpaired) electrons. The summed E-state index contributed by atoms with van der Waals surface area (Å²) in [4.78, 5) is 7.71. The van der Waals surface area contributed by atoms with Crippen molar-refractivity contribution in [1.82, 2.24) is 9.97 Å².